The fourth-order valence-corrected chi connectivity index (χ4v) is 3.89. The molecule has 0 unspecified atom stereocenters. The molecule has 2 N–H and O–H groups in total. The van der Waals surface area contributed by atoms with Crippen molar-refractivity contribution in [2.45, 2.75) is 30.8 Å². The fraction of sp³-hybridized carbons (Fsp3) is 0.304. The molecule has 5 rings (SSSR count). The number of rotatable bonds is 4. The van der Waals surface area contributed by atoms with Crippen molar-refractivity contribution in [2.24, 2.45) is 0 Å². The third kappa shape index (κ3) is 3.48. The molecule has 2 aromatic rings. The summed E-state index contributed by atoms with van der Waals surface area (Å²) in [7, 11) is 1.54. The lowest BCUT2D eigenvalue weighted by molar-refractivity contribution is -0.122. The van der Waals surface area contributed by atoms with Crippen LogP contribution in [0.2, 0.25) is 0 Å². The molecule has 1 aliphatic carbocycles. The third-order valence-corrected chi connectivity index (χ3v) is 5.77. The van der Waals surface area contributed by atoms with Crippen LogP contribution < -0.4 is 15.4 Å². The number of amides is 4. The molecular formula is C23H20N4O4. The number of pyridine rings is 1. The number of nitrogens with zero attached hydrogens (tertiary/aromatic N) is 2. The van der Waals surface area contributed by atoms with Gasteiger partial charge in [0.2, 0.25) is 5.54 Å². The van der Waals surface area contributed by atoms with Crippen LogP contribution in [0.5, 0.6) is 5.75 Å². The monoisotopic (exact) mass is 416 g/mol. The van der Waals surface area contributed by atoms with E-state index in [0.29, 0.717) is 29.3 Å². The Labute approximate surface area is 179 Å². The molecule has 2 fully saturated rings. The topological polar surface area (TPSA) is 101 Å². The van der Waals surface area contributed by atoms with Crippen LogP contribution in [-0.4, -0.2) is 46.9 Å². The molecule has 3 aliphatic rings. The molecule has 0 radical (unpaired) electrons. The van der Waals surface area contributed by atoms with Gasteiger partial charge in [-0.3, -0.25) is 19.9 Å². The van der Waals surface area contributed by atoms with Gasteiger partial charge in [-0.1, -0.05) is 17.9 Å². The molecule has 1 atom stereocenters. The van der Waals surface area contributed by atoms with E-state index in [1.54, 1.807) is 18.3 Å². The SMILES string of the molecule is COc1ccc2c(c1)C(=O)N(C[C@@]1(C#Cc3ccc(C4CC4)nc3)NC(=O)NC1=O)C2. The Morgan fingerprint density at radius 3 is 2.71 bits per heavy atom. The van der Waals surface area contributed by atoms with Gasteiger partial charge in [-0.15, -0.1) is 0 Å². The van der Waals surface area contributed by atoms with Crippen molar-refractivity contribution in [1.29, 1.82) is 0 Å². The molecule has 0 spiro atoms. The van der Waals surface area contributed by atoms with E-state index in [2.05, 4.69) is 27.5 Å². The molecule has 1 saturated carbocycles. The average Bonchev–Trinajstić information content (AvgIpc) is 3.52. The Morgan fingerprint density at radius 1 is 1.23 bits per heavy atom. The first-order chi connectivity index (χ1) is 15.0. The number of hydrogen-bond donors (Lipinski definition) is 2. The maximum Gasteiger partial charge on any atom is 0.323 e. The normalized spacial score (nSPS) is 21.8. The molecule has 4 amide bonds. The van der Waals surface area contributed by atoms with Gasteiger partial charge in [0.15, 0.2) is 0 Å². The molecule has 31 heavy (non-hydrogen) atoms. The Morgan fingerprint density at radius 2 is 2.06 bits per heavy atom. The molecule has 3 heterocycles. The second-order valence-corrected chi connectivity index (χ2v) is 7.99. The summed E-state index contributed by atoms with van der Waals surface area (Å²) in [6.07, 6.45) is 3.99. The Kier molecular flexibility index (Phi) is 4.40. The number of imide groups is 1. The minimum atomic E-state index is -1.53. The second kappa shape index (κ2) is 7.13. The summed E-state index contributed by atoms with van der Waals surface area (Å²) in [5.74, 6) is 6.15. The molecule has 0 bridgehead atoms. The van der Waals surface area contributed by atoms with Gasteiger partial charge in [0.25, 0.3) is 11.8 Å². The third-order valence-electron chi connectivity index (χ3n) is 5.77. The summed E-state index contributed by atoms with van der Waals surface area (Å²) in [5, 5.41) is 4.85. The summed E-state index contributed by atoms with van der Waals surface area (Å²) in [6.45, 7) is 0.253. The number of hydrogen-bond acceptors (Lipinski definition) is 5. The van der Waals surface area contributed by atoms with Crippen LogP contribution in [0.25, 0.3) is 0 Å². The highest BCUT2D eigenvalue weighted by Gasteiger charge is 2.48. The van der Waals surface area contributed by atoms with Gasteiger partial charge >= 0.3 is 6.03 Å². The first kappa shape index (κ1) is 19.1. The van der Waals surface area contributed by atoms with Crippen LogP contribution in [0.15, 0.2) is 36.5 Å². The van der Waals surface area contributed by atoms with Gasteiger partial charge in [-0.05, 0) is 42.7 Å². The smallest absolute Gasteiger partial charge is 0.323 e. The van der Waals surface area contributed by atoms with Crippen LogP contribution in [0, 0.1) is 11.8 Å². The van der Waals surface area contributed by atoms with Crippen molar-refractivity contribution >= 4 is 17.8 Å². The predicted molar refractivity (Wildman–Crippen MR) is 110 cm³/mol. The van der Waals surface area contributed by atoms with Crippen LogP contribution in [0.1, 0.15) is 45.9 Å². The first-order valence-corrected chi connectivity index (χ1v) is 10.1. The van der Waals surface area contributed by atoms with Gasteiger partial charge in [-0.2, -0.15) is 0 Å². The molecule has 1 aromatic heterocycles. The summed E-state index contributed by atoms with van der Waals surface area (Å²) in [5.41, 5.74) is 1.50. The van der Waals surface area contributed by atoms with Gasteiger partial charge in [0.1, 0.15) is 5.75 Å². The van der Waals surface area contributed by atoms with E-state index < -0.39 is 17.5 Å². The molecule has 2 aliphatic heterocycles. The molecule has 1 saturated heterocycles. The number of nitrogens with one attached hydrogen (secondary N) is 2. The van der Waals surface area contributed by atoms with E-state index in [4.69, 9.17) is 4.74 Å². The Bertz CT molecular complexity index is 1160. The number of carbonyl (C=O) groups is 3. The summed E-state index contributed by atoms with van der Waals surface area (Å²) in [4.78, 5) is 43.5. The number of carbonyl (C=O) groups excluding carboxylic acids is 3. The number of aromatic nitrogens is 1. The van der Waals surface area contributed by atoms with Crippen molar-refractivity contribution in [3.05, 3.63) is 58.9 Å². The first-order valence-electron chi connectivity index (χ1n) is 10.1. The lowest BCUT2D eigenvalue weighted by Gasteiger charge is -2.26. The van der Waals surface area contributed by atoms with E-state index in [0.717, 1.165) is 24.1 Å². The van der Waals surface area contributed by atoms with Crippen molar-refractivity contribution < 1.29 is 19.1 Å². The number of fused-ring (bicyclic) bond motifs is 1. The van der Waals surface area contributed by atoms with E-state index in [1.807, 2.05) is 18.2 Å². The zero-order valence-electron chi connectivity index (χ0n) is 16.9. The van der Waals surface area contributed by atoms with Crippen molar-refractivity contribution in [2.75, 3.05) is 13.7 Å². The van der Waals surface area contributed by atoms with E-state index in [1.165, 1.54) is 12.0 Å². The number of urea groups is 1. The zero-order chi connectivity index (χ0) is 21.6. The zero-order valence-corrected chi connectivity index (χ0v) is 16.9. The Balaban J connectivity index is 1.42. The molecule has 8 nitrogen and oxygen atoms in total. The average molecular weight is 416 g/mol. The van der Waals surface area contributed by atoms with Crippen molar-refractivity contribution in [1.82, 2.24) is 20.5 Å². The van der Waals surface area contributed by atoms with Crippen LogP contribution in [-0.2, 0) is 11.3 Å². The maximum absolute atomic E-state index is 12.9. The molecule has 1 aromatic carbocycles. The minimum absolute atomic E-state index is 0.0685. The van der Waals surface area contributed by atoms with E-state index in [-0.39, 0.29) is 12.5 Å². The van der Waals surface area contributed by atoms with Gasteiger partial charge < -0.3 is 15.0 Å². The highest BCUT2D eigenvalue weighted by atomic mass is 16.5. The van der Waals surface area contributed by atoms with Gasteiger partial charge in [0, 0.05) is 35.5 Å². The fourth-order valence-electron chi connectivity index (χ4n) is 3.89. The molecule has 8 heteroatoms. The summed E-state index contributed by atoms with van der Waals surface area (Å²) in [6, 6.07) is 8.45. The number of ether oxygens (including phenoxy) is 1. The predicted octanol–water partition coefficient (Wildman–Crippen LogP) is 1.55. The van der Waals surface area contributed by atoms with Gasteiger partial charge in [0.05, 0.1) is 13.7 Å². The lowest BCUT2D eigenvalue weighted by Crippen LogP contribution is -2.54. The maximum atomic E-state index is 12.9. The van der Waals surface area contributed by atoms with Crippen molar-refractivity contribution in [3.63, 3.8) is 0 Å². The Hall–Kier alpha value is -3.86. The summed E-state index contributed by atoms with van der Waals surface area (Å²) < 4.78 is 5.20. The standard InChI is InChI=1S/C23H20N4O4/c1-31-17-6-5-16-12-27(20(28)18(16)10-17)13-23(21(29)25-22(30)26-23)9-8-14-2-7-19(24-11-14)15-3-4-15/h2,5-7,10-11,15H,3-4,12-13H2,1H3,(H2,25,26,29,30)/t23-/m1/s1. The number of benzene rings is 1. The van der Waals surface area contributed by atoms with Crippen LogP contribution in [0.3, 0.4) is 0 Å². The largest absolute Gasteiger partial charge is 0.497 e. The van der Waals surface area contributed by atoms with Crippen LogP contribution >= 0.6 is 0 Å². The second-order valence-electron chi connectivity index (χ2n) is 7.99. The van der Waals surface area contributed by atoms with Crippen molar-refractivity contribution in [3.8, 4) is 17.6 Å². The van der Waals surface area contributed by atoms with Crippen LogP contribution in [0.4, 0.5) is 4.79 Å². The lowest BCUT2D eigenvalue weighted by atomic mass is 9.99. The highest BCUT2D eigenvalue weighted by molar-refractivity contribution is 6.10. The minimum Gasteiger partial charge on any atom is -0.497 e. The summed E-state index contributed by atoms with van der Waals surface area (Å²) >= 11 is 0. The van der Waals surface area contributed by atoms with E-state index >= 15 is 0 Å². The highest BCUT2D eigenvalue weighted by Crippen LogP contribution is 2.38. The number of methoxy groups -OCH3 is 1. The quantitative estimate of drug-likeness (QED) is 0.582. The van der Waals surface area contributed by atoms with Gasteiger partial charge in [-0.25, -0.2) is 4.79 Å². The molecule has 156 valence electrons. The molecular weight excluding hydrogens is 396 g/mol. The van der Waals surface area contributed by atoms with E-state index in [9.17, 15) is 14.4 Å².